The van der Waals surface area contributed by atoms with E-state index in [1.165, 1.54) is 51.4 Å². The van der Waals surface area contributed by atoms with Crippen molar-refractivity contribution in [3.05, 3.63) is 12.0 Å². The predicted octanol–water partition coefficient (Wildman–Crippen LogP) is 3.91. The fourth-order valence-corrected chi connectivity index (χ4v) is 2.18. The van der Waals surface area contributed by atoms with Gasteiger partial charge in [0.15, 0.2) is 0 Å². The number of rotatable bonds is 9. The summed E-state index contributed by atoms with van der Waals surface area (Å²) in [6.07, 6.45) is 12.8. The van der Waals surface area contributed by atoms with Crippen LogP contribution in [-0.2, 0) is 6.54 Å². The maximum atomic E-state index is 5.65. The van der Waals surface area contributed by atoms with Gasteiger partial charge in [0.1, 0.15) is 11.6 Å². The number of nitrogens with two attached hydrogens (primary N) is 1. The van der Waals surface area contributed by atoms with Crippen LogP contribution in [0.15, 0.2) is 6.20 Å². The summed E-state index contributed by atoms with van der Waals surface area (Å²) in [5.74, 6) is 1.67. The van der Waals surface area contributed by atoms with Crippen LogP contribution in [0.2, 0.25) is 0 Å². The molecule has 0 aliphatic carbocycles. The Morgan fingerprint density at radius 1 is 1.06 bits per heavy atom. The van der Waals surface area contributed by atoms with Crippen molar-refractivity contribution in [2.45, 2.75) is 71.8 Å². The van der Waals surface area contributed by atoms with Gasteiger partial charge >= 0.3 is 0 Å². The lowest BCUT2D eigenvalue weighted by Gasteiger charge is -2.04. The van der Waals surface area contributed by atoms with Crippen LogP contribution in [0.3, 0.4) is 0 Å². The van der Waals surface area contributed by atoms with Crippen LogP contribution in [-0.4, -0.2) is 9.55 Å². The summed E-state index contributed by atoms with van der Waals surface area (Å²) < 4.78 is 2.16. The number of unbranched alkanes of at least 4 members (excludes halogenated alkanes) is 7. The quantitative estimate of drug-likeness (QED) is 0.662. The number of aryl methyl sites for hydroxylation is 2. The Labute approximate surface area is 105 Å². The summed E-state index contributed by atoms with van der Waals surface area (Å²) in [7, 11) is 0. The standard InChI is InChI=1S/C14H27N3/c1-3-4-5-6-7-8-9-10-11-17-12-14(15)16-13(17)2/h12H,3-11,15H2,1-2H3. The predicted molar refractivity (Wildman–Crippen MR) is 74.0 cm³/mol. The van der Waals surface area contributed by atoms with Gasteiger partial charge in [-0.05, 0) is 13.3 Å². The molecule has 1 heterocycles. The molecular formula is C14H27N3. The fourth-order valence-electron chi connectivity index (χ4n) is 2.18. The van der Waals surface area contributed by atoms with E-state index in [1.54, 1.807) is 0 Å². The zero-order chi connectivity index (χ0) is 12.5. The van der Waals surface area contributed by atoms with Gasteiger partial charge < -0.3 is 10.3 Å². The van der Waals surface area contributed by atoms with E-state index in [1.807, 2.05) is 13.1 Å². The van der Waals surface area contributed by atoms with Gasteiger partial charge in [-0.25, -0.2) is 4.98 Å². The Morgan fingerprint density at radius 2 is 1.65 bits per heavy atom. The molecule has 0 aliphatic rings. The zero-order valence-corrected chi connectivity index (χ0v) is 11.4. The van der Waals surface area contributed by atoms with Crippen molar-refractivity contribution >= 4 is 5.82 Å². The average molecular weight is 237 g/mol. The third-order valence-corrected chi connectivity index (χ3v) is 3.25. The van der Waals surface area contributed by atoms with Gasteiger partial charge in [0.2, 0.25) is 0 Å². The number of aromatic nitrogens is 2. The van der Waals surface area contributed by atoms with E-state index in [4.69, 9.17) is 5.73 Å². The Hall–Kier alpha value is -0.990. The summed E-state index contributed by atoms with van der Waals surface area (Å²) in [5.41, 5.74) is 5.65. The second kappa shape index (κ2) is 8.15. The molecule has 0 amide bonds. The smallest absolute Gasteiger partial charge is 0.141 e. The number of nitrogen functional groups attached to an aromatic ring is 1. The topological polar surface area (TPSA) is 43.8 Å². The monoisotopic (exact) mass is 237 g/mol. The lowest BCUT2D eigenvalue weighted by atomic mass is 10.1. The molecule has 0 spiro atoms. The first kappa shape index (κ1) is 14.1. The van der Waals surface area contributed by atoms with Crippen molar-refractivity contribution in [2.75, 3.05) is 5.73 Å². The summed E-state index contributed by atoms with van der Waals surface area (Å²) in [6, 6.07) is 0. The Kier molecular flexibility index (Phi) is 6.75. The van der Waals surface area contributed by atoms with Gasteiger partial charge in [0.25, 0.3) is 0 Å². The molecule has 0 unspecified atom stereocenters. The van der Waals surface area contributed by atoms with E-state index < -0.39 is 0 Å². The van der Waals surface area contributed by atoms with Gasteiger partial charge in [0, 0.05) is 12.7 Å². The Bertz CT molecular complexity index is 304. The minimum absolute atomic E-state index is 0.641. The minimum Gasteiger partial charge on any atom is -0.382 e. The van der Waals surface area contributed by atoms with Crippen molar-refractivity contribution in [1.82, 2.24) is 9.55 Å². The fraction of sp³-hybridized carbons (Fsp3) is 0.786. The average Bonchev–Trinajstić information content (AvgIpc) is 2.61. The van der Waals surface area contributed by atoms with E-state index in [2.05, 4.69) is 16.5 Å². The number of imidazole rings is 1. The molecule has 1 aromatic heterocycles. The number of hydrogen-bond acceptors (Lipinski definition) is 2. The van der Waals surface area contributed by atoms with Crippen LogP contribution in [0.5, 0.6) is 0 Å². The highest BCUT2D eigenvalue weighted by atomic mass is 15.1. The molecule has 3 heteroatoms. The Balaban J connectivity index is 1.99. The molecule has 0 saturated carbocycles. The molecule has 3 nitrogen and oxygen atoms in total. The van der Waals surface area contributed by atoms with Gasteiger partial charge in [-0.2, -0.15) is 0 Å². The van der Waals surface area contributed by atoms with Gasteiger partial charge in [0.05, 0.1) is 0 Å². The van der Waals surface area contributed by atoms with Crippen molar-refractivity contribution in [3.8, 4) is 0 Å². The van der Waals surface area contributed by atoms with Gasteiger partial charge in [-0.1, -0.05) is 51.9 Å². The number of nitrogens with zero attached hydrogens (tertiary/aromatic N) is 2. The van der Waals surface area contributed by atoms with Gasteiger partial charge in [-0.15, -0.1) is 0 Å². The first-order valence-corrected chi connectivity index (χ1v) is 7.03. The molecule has 0 bridgehead atoms. The van der Waals surface area contributed by atoms with Crippen molar-refractivity contribution in [2.24, 2.45) is 0 Å². The van der Waals surface area contributed by atoms with E-state index in [-0.39, 0.29) is 0 Å². The van der Waals surface area contributed by atoms with Gasteiger partial charge in [-0.3, -0.25) is 0 Å². The summed E-state index contributed by atoms with van der Waals surface area (Å²) in [6.45, 7) is 5.34. The lowest BCUT2D eigenvalue weighted by molar-refractivity contribution is 0.539. The number of anilines is 1. The van der Waals surface area contributed by atoms with E-state index >= 15 is 0 Å². The van der Waals surface area contributed by atoms with E-state index in [0.717, 1.165) is 12.4 Å². The normalized spacial score (nSPS) is 10.9. The molecule has 0 radical (unpaired) electrons. The summed E-state index contributed by atoms with van der Waals surface area (Å²) in [5, 5.41) is 0. The summed E-state index contributed by atoms with van der Waals surface area (Å²) >= 11 is 0. The first-order chi connectivity index (χ1) is 8.24. The molecule has 98 valence electrons. The molecular weight excluding hydrogens is 210 g/mol. The van der Waals surface area contributed by atoms with Crippen molar-refractivity contribution < 1.29 is 0 Å². The molecule has 0 atom stereocenters. The van der Waals surface area contributed by atoms with Crippen molar-refractivity contribution in [3.63, 3.8) is 0 Å². The molecule has 1 aromatic rings. The lowest BCUT2D eigenvalue weighted by Crippen LogP contribution is -1.98. The highest BCUT2D eigenvalue weighted by molar-refractivity contribution is 5.25. The SMILES string of the molecule is CCCCCCCCCCn1cc(N)nc1C. The van der Waals surface area contributed by atoms with Crippen LogP contribution in [0.4, 0.5) is 5.82 Å². The molecule has 1 rings (SSSR count). The Morgan fingerprint density at radius 3 is 2.18 bits per heavy atom. The molecule has 0 saturated heterocycles. The number of hydrogen-bond donors (Lipinski definition) is 1. The minimum atomic E-state index is 0.641. The zero-order valence-electron chi connectivity index (χ0n) is 11.4. The highest BCUT2D eigenvalue weighted by Gasteiger charge is 2.00. The van der Waals surface area contributed by atoms with Crippen LogP contribution in [0.1, 0.15) is 64.1 Å². The van der Waals surface area contributed by atoms with Crippen LogP contribution in [0.25, 0.3) is 0 Å². The van der Waals surface area contributed by atoms with E-state index in [0.29, 0.717) is 5.82 Å². The highest BCUT2D eigenvalue weighted by Crippen LogP contribution is 2.10. The van der Waals surface area contributed by atoms with Crippen LogP contribution < -0.4 is 5.73 Å². The molecule has 0 fully saturated rings. The first-order valence-electron chi connectivity index (χ1n) is 7.03. The molecule has 2 N–H and O–H groups in total. The molecule has 0 aliphatic heterocycles. The van der Waals surface area contributed by atoms with E-state index in [9.17, 15) is 0 Å². The maximum absolute atomic E-state index is 5.65. The largest absolute Gasteiger partial charge is 0.382 e. The third kappa shape index (κ3) is 5.76. The maximum Gasteiger partial charge on any atom is 0.141 e. The molecule has 17 heavy (non-hydrogen) atoms. The second-order valence-electron chi connectivity index (χ2n) is 4.88. The van der Waals surface area contributed by atoms with Crippen LogP contribution >= 0.6 is 0 Å². The summed E-state index contributed by atoms with van der Waals surface area (Å²) in [4.78, 5) is 4.20. The van der Waals surface area contributed by atoms with Crippen molar-refractivity contribution in [1.29, 1.82) is 0 Å². The third-order valence-electron chi connectivity index (χ3n) is 3.25. The molecule has 0 aromatic carbocycles. The second-order valence-corrected chi connectivity index (χ2v) is 4.88. The van der Waals surface area contributed by atoms with Crippen LogP contribution in [0, 0.1) is 6.92 Å².